The van der Waals surface area contributed by atoms with E-state index >= 15 is 0 Å². The maximum Gasteiger partial charge on any atom is 0.0544 e. The molecule has 0 saturated carbocycles. The van der Waals surface area contributed by atoms with E-state index in [1.807, 2.05) is 6.20 Å². The van der Waals surface area contributed by atoms with E-state index in [2.05, 4.69) is 61.8 Å². The van der Waals surface area contributed by atoms with Crippen LogP contribution in [-0.4, -0.2) is 73.0 Å². The van der Waals surface area contributed by atoms with Gasteiger partial charge in [-0.2, -0.15) is 0 Å². The molecule has 5 heteroatoms. The van der Waals surface area contributed by atoms with E-state index in [9.17, 15) is 0 Å². The Kier molecular flexibility index (Phi) is 5.76. The van der Waals surface area contributed by atoms with Crippen LogP contribution in [0.4, 0.5) is 0 Å². The van der Waals surface area contributed by atoms with Gasteiger partial charge in [-0.1, -0.05) is 0 Å². The molecule has 0 N–H and O–H groups in total. The van der Waals surface area contributed by atoms with Crippen LogP contribution < -0.4 is 0 Å². The number of piperazine rings is 1. The third kappa shape index (κ3) is 5.18. The fraction of sp³-hybridized carbons (Fsp3) is 0.643. The predicted octanol–water partition coefficient (Wildman–Crippen LogP) is 1.52. The van der Waals surface area contributed by atoms with Crippen molar-refractivity contribution >= 4 is 15.9 Å². The first kappa shape index (κ1) is 14.9. The summed E-state index contributed by atoms with van der Waals surface area (Å²) in [5.41, 5.74) is 1.16. The zero-order valence-corrected chi connectivity index (χ0v) is 13.4. The number of aromatic nitrogens is 1. The molecule has 4 nitrogen and oxygen atoms in total. The Morgan fingerprint density at radius 2 is 1.84 bits per heavy atom. The summed E-state index contributed by atoms with van der Waals surface area (Å²) in [6.07, 6.45) is 1.88. The summed E-state index contributed by atoms with van der Waals surface area (Å²) in [6, 6.07) is 4.16. The van der Waals surface area contributed by atoms with Gasteiger partial charge in [0.2, 0.25) is 0 Å². The molecule has 1 fully saturated rings. The van der Waals surface area contributed by atoms with Gasteiger partial charge in [-0.15, -0.1) is 0 Å². The molecule has 106 valence electrons. The number of rotatable bonds is 5. The molecular weight excluding hydrogens is 304 g/mol. The molecule has 0 aromatic carbocycles. The lowest BCUT2D eigenvalue weighted by molar-refractivity contribution is 0.119. The van der Waals surface area contributed by atoms with Crippen LogP contribution in [0.25, 0.3) is 0 Å². The summed E-state index contributed by atoms with van der Waals surface area (Å²) in [4.78, 5) is 11.7. The summed E-state index contributed by atoms with van der Waals surface area (Å²) < 4.78 is 1.05. The number of halogens is 1. The van der Waals surface area contributed by atoms with Crippen LogP contribution in [0.5, 0.6) is 0 Å². The molecule has 0 spiro atoms. The molecule has 1 aliphatic heterocycles. The third-order valence-electron chi connectivity index (χ3n) is 3.50. The minimum Gasteiger partial charge on any atom is -0.308 e. The largest absolute Gasteiger partial charge is 0.308 e. The van der Waals surface area contributed by atoms with Crippen molar-refractivity contribution in [3.05, 3.63) is 28.5 Å². The number of hydrogen-bond donors (Lipinski definition) is 0. The molecule has 0 atom stereocenters. The van der Waals surface area contributed by atoms with Crippen molar-refractivity contribution < 1.29 is 0 Å². The molecule has 19 heavy (non-hydrogen) atoms. The topological polar surface area (TPSA) is 22.6 Å². The van der Waals surface area contributed by atoms with Gasteiger partial charge in [0.1, 0.15) is 0 Å². The Labute approximate surface area is 124 Å². The highest BCUT2D eigenvalue weighted by molar-refractivity contribution is 9.10. The number of hydrogen-bond acceptors (Lipinski definition) is 4. The van der Waals surface area contributed by atoms with Crippen molar-refractivity contribution in [2.24, 2.45) is 0 Å². The van der Waals surface area contributed by atoms with Crippen LogP contribution in [0.1, 0.15) is 5.69 Å². The highest BCUT2D eigenvalue weighted by Crippen LogP contribution is 2.10. The standard InChI is InChI=1S/C14H23BrN4/c1-17(2)5-6-18-7-9-19(10-8-18)12-14-4-3-13(15)11-16-14/h3-4,11H,5-10,12H2,1-2H3. The molecule has 0 aliphatic carbocycles. The zero-order chi connectivity index (χ0) is 13.7. The second-order valence-electron chi connectivity index (χ2n) is 5.39. The Morgan fingerprint density at radius 1 is 1.16 bits per heavy atom. The first-order valence-corrected chi connectivity index (χ1v) is 7.62. The van der Waals surface area contributed by atoms with Crippen LogP contribution in [0.3, 0.4) is 0 Å². The molecule has 1 saturated heterocycles. The number of likely N-dealkylation sites (N-methyl/N-ethyl adjacent to an activating group) is 1. The fourth-order valence-corrected chi connectivity index (χ4v) is 2.48. The Balaban J connectivity index is 1.72. The van der Waals surface area contributed by atoms with Gasteiger partial charge in [-0.3, -0.25) is 14.8 Å². The molecular formula is C14H23BrN4. The fourth-order valence-electron chi connectivity index (χ4n) is 2.24. The van der Waals surface area contributed by atoms with Crippen molar-refractivity contribution in [1.82, 2.24) is 19.7 Å². The highest BCUT2D eigenvalue weighted by atomic mass is 79.9. The van der Waals surface area contributed by atoms with Gasteiger partial charge in [0.25, 0.3) is 0 Å². The third-order valence-corrected chi connectivity index (χ3v) is 3.97. The van der Waals surface area contributed by atoms with Crippen LogP contribution in [-0.2, 0) is 6.54 Å². The smallest absolute Gasteiger partial charge is 0.0544 e. The molecule has 2 heterocycles. The highest BCUT2D eigenvalue weighted by Gasteiger charge is 2.16. The van der Waals surface area contributed by atoms with Crippen molar-refractivity contribution in [1.29, 1.82) is 0 Å². The van der Waals surface area contributed by atoms with Gasteiger partial charge >= 0.3 is 0 Å². The summed E-state index contributed by atoms with van der Waals surface area (Å²) >= 11 is 3.42. The molecule has 0 unspecified atom stereocenters. The Morgan fingerprint density at radius 3 is 2.42 bits per heavy atom. The monoisotopic (exact) mass is 326 g/mol. The van der Waals surface area contributed by atoms with E-state index in [-0.39, 0.29) is 0 Å². The second kappa shape index (κ2) is 7.33. The minimum atomic E-state index is 0.967. The lowest BCUT2D eigenvalue weighted by Crippen LogP contribution is -2.47. The van der Waals surface area contributed by atoms with E-state index in [1.165, 1.54) is 19.6 Å². The summed E-state index contributed by atoms with van der Waals surface area (Å²) in [5.74, 6) is 0. The molecule has 2 rings (SSSR count). The minimum absolute atomic E-state index is 0.967. The van der Waals surface area contributed by atoms with Gasteiger partial charge < -0.3 is 4.90 Å². The van der Waals surface area contributed by atoms with E-state index in [1.54, 1.807) is 0 Å². The van der Waals surface area contributed by atoms with Gasteiger partial charge in [-0.05, 0) is 42.2 Å². The van der Waals surface area contributed by atoms with Crippen LogP contribution in [0.2, 0.25) is 0 Å². The van der Waals surface area contributed by atoms with E-state index in [0.29, 0.717) is 0 Å². The summed E-state index contributed by atoms with van der Waals surface area (Å²) in [5, 5.41) is 0. The molecule has 1 aromatic heterocycles. The molecule has 0 bridgehead atoms. The average molecular weight is 327 g/mol. The SMILES string of the molecule is CN(C)CCN1CCN(Cc2ccc(Br)cn2)CC1. The molecule has 1 aliphatic rings. The lowest BCUT2D eigenvalue weighted by atomic mass is 10.2. The Hall–Kier alpha value is -0.490. The van der Waals surface area contributed by atoms with Crippen LogP contribution in [0.15, 0.2) is 22.8 Å². The van der Waals surface area contributed by atoms with Gasteiger partial charge in [0.15, 0.2) is 0 Å². The van der Waals surface area contributed by atoms with Crippen molar-refractivity contribution in [3.8, 4) is 0 Å². The van der Waals surface area contributed by atoms with E-state index in [4.69, 9.17) is 0 Å². The number of nitrogens with zero attached hydrogens (tertiary/aromatic N) is 4. The van der Waals surface area contributed by atoms with Gasteiger partial charge in [0.05, 0.1) is 5.69 Å². The second-order valence-corrected chi connectivity index (χ2v) is 6.30. The first-order chi connectivity index (χ1) is 9.13. The van der Waals surface area contributed by atoms with Gasteiger partial charge in [-0.25, -0.2) is 0 Å². The molecule has 1 aromatic rings. The Bertz CT molecular complexity index is 372. The number of pyridine rings is 1. The van der Waals surface area contributed by atoms with E-state index in [0.717, 1.165) is 36.3 Å². The molecule has 0 amide bonds. The zero-order valence-electron chi connectivity index (χ0n) is 11.8. The maximum absolute atomic E-state index is 4.44. The van der Waals surface area contributed by atoms with Crippen LogP contribution >= 0.6 is 15.9 Å². The summed E-state index contributed by atoms with van der Waals surface area (Å²) in [7, 11) is 4.27. The quantitative estimate of drug-likeness (QED) is 0.818. The van der Waals surface area contributed by atoms with Crippen LogP contribution in [0, 0.1) is 0 Å². The maximum atomic E-state index is 4.44. The summed E-state index contributed by atoms with van der Waals surface area (Å²) in [6.45, 7) is 7.92. The van der Waals surface area contributed by atoms with Crippen molar-refractivity contribution in [3.63, 3.8) is 0 Å². The van der Waals surface area contributed by atoms with Crippen molar-refractivity contribution in [2.45, 2.75) is 6.54 Å². The van der Waals surface area contributed by atoms with Gasteiger partial charge in [0, 0.05) is 56.5 Å². The average Bonchev–Trinajstić information content (AvgIpc) is 2.40. The van der Waals surface area contributed by atoms with E-state index < -0.39 is 0 Å². The predicted molar refractivity (Wildman–Crippen MR) is 82.2 cm³/mol. The first-order valence-electron chi connectivity index (χ1n) is 6.83. The molecule has 0 radical (unpaired) electrons. The normalized spacial score (nSPS) is 18.1. The lowest BCUT2D eigenvalue weighted by Gasteiger charge is -2.35. The van der Waals surface area contributed by atoms with Crippen molar-refractivity contribution in [2.75, 3.05) is 53.4 Å².